The smallest absolute Gasteiger partial charge is 0.200 e. The molecule has 0 aliphatic heterocycles. The number of hydrogen-bond acceptors (Lipinski definition) is 0. The number of benzene rings is 2. The van der Waals surface area contributed by atoms with Crippen LogP contribution in [0.2, 0.25) is 0 Å². The van der Waals surface area contributed by atoms with Gasteiger partial charge in [0.15, 0.2) is 5.57 Å². The second-order valence-corrected chi connectivity index (χ2v) is 5.65. The number of halogens is 3. The summed E-state index contributed by atoms with van der Waals surface area (Å²) in [5.74, 6) is 0. The molecule has 2 rings (SSSR count). The summed E-state index contributed by atoms with van der Waals surface area (Å²) >= 11 is 0. The average Bonchev–Trinajstić information content (AvgIpc) is 2.41. The molecule has 0 nitrogen and oxygen atoms in total. The van der Waals surface area contributed by atoms with E-state index in [1.54, 1.807) is 60.7 Å². The Labute approximate surface area is 105 Å². The quantitative estimate of drug-likeness (QED) is 0.732. The van der Waals surface area contributed by atoms with E-state index in [0.29, 0.717) is 10.6 Å². The lowest BCUT2D eigenvalue weighted by Gasteiger charge is -2.15. The van der Waals surface area contributed by atoms with Gasteiger partial charge < -0.3 is 0 Å². The number of rotatable bonds is 3. The van der Waals surface area contributed by atoms with E-state index >= 15 is 0 Å². The van der Waals surface area contributed by atoms with Crippen molar-refractivity contribution in [2.24, 2.45) is 0 Å². The molecule has 0 atom stereocenters. The van der Waals surface area contributed by atoms with Gasteiger partial charge in [0.1, 0.15) is 0 Å². The molecule has 0 N–H and O–H groups in total. The molecule has 0 aliphatic rings. The molecule has 92 valence electrons. The van der Waals surface area contributed by atoms with E-state index < -0.39 is 19.6 Å². The molecule has 0 unspecified atom stereocenters. The van der Waals surface area contributed by atoms with Crippen LogP contribution in [-0.4, -0.2) is 0 Å². The van der Waals surface area contributed by atoms with Crippen LogP contribution in [-0.2, 0) is 0 Å². The fraction of sp³-hybridized carbons (Fsp3) is 0. The van der Waals surface area contributed by atoms with E-state index in [1.807, 2.05) is 0 Å². The molecular formula is C14H10F3P. The highest BCUT2D eigenvalue weighted by molar-refractivity contribution is 7.76. The van der Waals surface area contributed by atoms with Gasteiger partial charge in [-0.15, -0.1) is 0 Å². The molecule has 0 heterocycles. The van der Waals surface area contributed by atoms with Crippen LogP contribution in [0.25, 0.3) is 0 Å². The van der Waals surface area contributed by atoms with Crippen LogP contribution in [0.1, 0.15) is 0 Å². The molecule has 0 aromatic heterocycles. The minimum atomic E-state index is -2.24. The highest BCUT2D eigenvalue weighted by Gasteiger charge is 2.23. The molecule has 0 saturated carbocycles. The maximum absolute atomic E-state index is 13.7. The monoisotopic (exact) mass is 266 g/mol. The normalized spacial score (nSPS) is 10.4. The molecule has 0 bridgehead atoms. The molecule has 4 heteroatoms. The third-order valence-electron chi connectivity index (χ3n) is 2.38. The summed E-state index contributed by atoms with van der Waals surface area (Å²) in [6.07, 6.45) is -2.24. The minimum absolute atomic E-state index is 0.573. The van der Waals surface area contributed by atoms with Crippen LogP contribution in [0.5, 0.6) is 0 Å². The standard InChI is InChI=1S/C14H10F3P/c15-13(16)14(17)18(11-7-3-1-4-8-11)12-9-5-2-6-10-12/h1-10H. The Bertz CT molecular complexity index is 494. The van der Waals surface area contributed by atoms with Gasteiger partial charge in [-0.2, -0.15) is 8.78 Å². The predicted molar refractivity (Wildman–Crippen MR) is 69.4 cm³/mol. The van der Waals surface area contributed by atoms with Crippen LogP contribution in [0, 0.1) is 0 Å². The second-order valence-electron chi connectivity index (χ2n) is 3.56. The maximum Gasteiger partial charge on any atom is 0.306 e. The minimum Gasteiger partial charge on any atom is -0.200 e. The van der Waals surface area contributed by atoms with Gasteiger partial charge >= 0.3 is 6.08 Å². The lowest BCUT2D eigenvalue weighted by Crippen LogP contribution is -2.11. The van der Waals surface area contributed by atoms with Crippen molar-refractivity contribution in [3.05, 3.63) is 72.3 Å². The van der Waals surface area contributed by atoms with Gasteiger partial charge in [-0.1, -0.05) is 60.7 Å². The van der Waals surface area contributed by atoms with Gasteiger partial charge in [-0.05, 0) is 10.6 Å². The zero-order valence-electron chi connectivity index (χ0n) is 9.35. The van der Waals surface area contributed by atoms with Crippen LogP contribution >= 0.6 is 7.92 Å². The average molecular weight is 266 g/mol. The van der Waals surface area contributed by atoms with Crippen LogP contribution in [0.4, 0.5) is 13.2 Å². The topological polar surface area (TPSA) is 0 Å². The molecule has 0 spiro atoms. The largest absolute Gasteiger partial charge is 0.306 e. The summed E-state index contributed by atoms with van der Waals surface area (Å²) in [7, 11) is -1.79. The summed E-state index contributed by atoms with van der Waals surface area (Å²) in [5.41, 5.74) is -1.33. The summed E-state index contributed by atoms with van der Waals surface area (Å²) in [6, 6.07) is 17.1. The van der Waals surface area contributed by atoms with E-state index in [-0.39, 0.29) is 0 Å². The number of hydrogen-bond donors (Lipinski definition) is 0. The fourth-order valence-electron chi connectivity index (χ4n) is 1.61. The molecule has 0 fully saturated rings. The lowest BCUT2D eigenvalue weighted by atomic mass is 10.4. The van der Waals surface area contributed by atoms with Crippen LogP contribution in [0.3, 0.4) is 0 Å². The van der Waals surface area contributed by atoms with Gasteiger partial charge in [0.05, 0.1) is 0 Å². The van der Waals surface area contributed by atoms with Crippen molar-refractivity contribution < 1.29 is 13.2 Å². The Morgan fingerprint density at radius 1 is 0.667 bits per heavy atom. The third-order valence-corrected chi connectivity index (χ3v) is 4.57. The summed E-state index contributed by atoms with van der Waals surface area (Å²) in [4.78, 5) is 0. The fourth-order valence-corrected chi connectivity index (χ4v) is 3.48. The maximum atomic E-state index is 13.7. The van der Waals surface area contributed by atoms with Gasteiger partial charge in [-0.25, -0.2) is 4.39 Å². The van der Waals surface area contributed by atoms with E-state index in [1.165, 1.54) is 0 Å². The molecule has 0 radical (unpaired) electrons. The van der Waals surface area contributed by atoms with Gasteiger partial charge in [0.2, 0.25) is 0 Å². The predicted octanol–water partition coefficient (Wildman–Crippen LogP) is 4.15. The molecule has 0 saturated heterocycles. The van der Waals surface area contributed by atoms with Crippen LogP contribution in [0.15, 0.2) is 72.3 Å². The molecule has 18 heavy (non-hydrogen) atoms. The first kappa shape index (κ1) is 12.8. The first-order valence-corrected chi connectivity index (χ1v) is 6.65. The van der Waals surface area contributed by atoms with E-state index in [4.69, 9.17) is 0 Å². The Morgan fingerprint density at radius 3 is 1.39 bits per heavy atom. The second kappa shape index (κ2) is 5.83. The third kappa shape index (κ3) is 2.80. The van der Waals surface area contributed by atoms with Gasteiger partial charge in [0, 0.05) is 7.92 Å². The molecule has 2 aromatic carbocycles. The highest BCUT2D eigenvalue weighted by atomic mass is 31.1. The summed E-state index contributed by atoms with van der Waals surface area (Å²) in [5, 5.41) is 1.15. The van der Waals surface area contributed by atoms with E-state index in [2.05, 4.69) is 0 Å². The Morgan fingerprint density at radius 2 is 1.06 bits per heavy atom. The Hall–Kier alpha value is -1.60. The highest BCUT2D eigenvalue weighted by Crippen LogP contribution is 2.45. The first-order valence-electron chi connectivity index (χ1n) is 5.31. The molecular weight excluding hydrogens is 256 g/mol. The van der Waals surface area contributed by atoms with Crippen molar-refractivity contribution in [3.8, 4) is 0 Å². The SMILES string of the molecule is FC(F)=C(F)P(c1ccccc1)c1ccccc1. The Balaban J connectivity index is 2.53. The van der Waals surface area contributed by atoms with Crippen molar-refractivity contribution in [2.75, 3.05) is 0 Å². The van der Waals surface area contributed by atoms with Crippen LogP contribution < -0.4 is 10.6 Å². The van der Waals surface area contributed by atoms with E-state index in [9.17, 15) is 13.2 Å². The van der Waals surface area contributed by atoms with Crippen molar-refractivity contribution in [3.63, 3.8) is 0 Å². The molecule has 0 aliphatic carbocycles. The molecule has 2 aromatic rings. The summed E-state index contributed by atoms with van der Waals surface area (Å²) < 4.78 is 38.9. The van der Waals surface area contributed by atoms with Crippen molar-refractivity contribution in [2.45, 2.75) is 0 Å². The van der Waals surface area contributed by atoms with Crippen molar-refractivity contribution >= 4 is 18.5 Å². The van der Waals surface area contributed by atoms with Gasteiger partial charge in [-0.3, -0.25) is 0 Å². The van der Waals surface area contributed by atoms with Gasteiger partial charge in [0.25, 0.3) is 0 Å². The molecule has 0 amide bonds. The van der Waals surface area contributed by atoms with Crippen molar-refractivity contribution in [1.29, 1.82) is 0 Å². The van der Waals surface area contributed by atoms with Crippen molar-refractivity contribution in [1.82, 2.24) is 0 Å². The Kier molecular flexibility index (Phi) is 4.16. The summed E-state index contributed by atoms with van der Waals surface area (Å²) in [6.45, 7) is 0. The zero-order valence-corrected chi connectivity index (χ0v) is 10.2. The lowest BCUT2D eigenvalue weighted by molar-refractivity contribution is 0.394. The van der Waals surface area contributed by atoms with E-state index in [0.717, 1.165) is 0 Å². The first-order chi connectivity index (χ1) is 8.70. The zero-order chi connectivity index (χ0) is 13.0.